The van der Waals surface area contributed by atoms with Gasteiger partial charge < -0.3 is 15.7 Å². The maximum atomic E-state index is 13.1. The number of nitrogens with one attached hydrogen (secondary N) is 3. The minimum Gasteiger partial charge on any atom is -0.381 e. The van der Waals surface area contributed by atoms with Gasteiger partial charge in [-0.1, -0.05) is 66.7 Å². The average molecular weight is 593 g/mol. The first-order valence-electron chi connectivity index (χ1n) is 12.1. The highest BCUT2D eigenvalue weighted by Gasteiger charge is 2.48. The largest absolute Gasteiger partial charge is 0.516 e. The van der Waals surface area contributed by atoms with Gasteiger partial charge in [0.15, 0.2) is 6.10 Å². The van der Waals surface area contributed by atoms with Crippen LogP contribution in [0.3, 0.4) is 0 Å². The molecule has 4 N–H and O–H groups in total. The summed E-state index contributed by atoms with van der Waals surface area (Å²) in [5.41, 5.74) is -5.76. The van der Waals surface area contributed by atoms with Crippen molar-refractivity contribution in [2.75, 3.05) is 0 Å². The van der Waals surface area contributed by atoms with Gasteiger partial charge in [-0.25, -0.2) is 9.71 Å². The molecule has 0 spiro atoms. The van der Waals surface area contributed by atoms with E-state index in [1.54, 1.807) is 44.2 Å². The minimum atomic E-state index is -6.11. The highest BCUT2D eigenvalue weighted by molar-refractivity contribution is 7.90. The molecule has 1 heterocycles. The molecule has 0 saturated heterocycles. The summed E-state index contributed by atoms with van der Waals surface area (Å²) in [5, 5.41) is 15.6. The van der Waals surface area contributed by atoms with Crippen LogP contribution in [0.4, 0.5) is 13.2 Å². The number of aromatic nitrogens is 1. The third kappa shape index (κ3) is 8.11. The molecule has 0 radical (unpaired) electrons. The maximum absolute atomic E-state index is 13.1. The Morgan fingerprint density at radius 1 is 0.854 bits per heavy atom. The van der Waals surface area contributed by atoms with Crippen LogP contribution in [-0.2, 0) is 26.8 Å². The number of rotatable bonds is 10. The standard InChI is InChI=1S/C27H27F3N4O6S/c1-26(2,18-12-7-4-8-13-18)33-24(37)20-15-9-14-19(31-20)23(36)32-21(16-17-10-5-3-6-11-17)22(35)25(38)34-41(39,40)27(28,29)30/h3-15,21-22,35H,16H2,1-2H3,(H,32,36)(H,33,37)(H,34,38)/t21-,22-/m0/s1. The van der Waals surface area contributed by atoms with E-state index in [0.29, 0.717) is 5.56 Å². The average Bonchev–Trinajstić information content (AvgIpc) is 2.92. The number of nitrogens with zero attached hydrogens (tertiary/aromatic N) is 1. The van der Waals surface area contributed by atoms with Gasteiger partial charge >= 0.3 is 15.5 Å². The van der Waals surface area contributed by atoms with E-state index in [1.165, 1.54) is 18.2 Å². The third-order valence-corrected chi connectivity index (χ3v) is 7.02. The van der Waals surface area contributed by atoms with Crippen molar-refractivity contribution >= 4 is 27.7 Å². The molecule has 0 saturated carbocycles. The van der Waals surface area contributed by atoms with Gasteiger partial charge in [-0.3, -0.25) is 14.4 Å². The number of hydrogen-bond acceptors (Lipinski definition) is 7. The van der Waals surface area contributed by atoms with Gasteiger partial charge in [0.2, 0.25) is 0 Å². The topological polar surface area (TPSA) is 155 Å². The highest BCUT2D eigenvalue weighted by atomic mass is 32.2. The normalized spacial score (nSPS) is 13.5. The maximum Gasteiger partial charge on any atom is 0.516 e. The van der Waals surface area contributed by atoms with Gasteiger partial charge in [-0.2, -0.15) is 21.6 Å². The Hall–Kier alpha value is -4.30. The lowest BCUT2D eigenvalue weighted by atomic mass is 9.94. The zero-order valence-electron chi connectivity index (χ0n) is 21.8. The number of halogens is 3. The molecule has 3 rings (SSSR count). The number of hydrogen-bond donors (Lipinski definition) is 4. The molecule has 0 aliphatic heterocycles. The molecular weight excluding hydrogens is 565 g/mol. The quantitative estimate of drug-likeness (QED) is 0.282. The van der Waals surface area contributed by atoms with Gasteiger partial charge in [-0.15, -0.1) is 0 Å². The van der Waals surface area contributed by atoms with Crippen molar-refractivity contribution < 1.29 is 41.1 Å². The van der Waals surface area contributed by atoms with Crippen molar-refractivity contribution in [2.24, 2.45) is 0 Å². The lowest BCUT2D eigenvalue weighted by Crippen LogP contribution is -2.54. The van der Waals surface area contributed by atoms with E-state index in [4.69, 9.17) is 0 Å². The smallest absolute Gasteiger partial charge is 0.381 e. The lowest BCUT2D eigenvalue weighted by molar-refractivity contribution is -0.129. The van der Waals surface area contributed by atoms with E-state index in [-0.39, 0.29) is 17.8 Å². The third-order valence-electron chi connectivity index (χ3n) is 5.94. The van der Waals surface area contributed by atoms with Crippen LogP contribution in [0.5, 0.6) is 0 Å². The molecule has 2 atom stereocenters. The molecule has 1 aromatic heterocycles. The molecule has 10 nitrogen and oxygen atoms in total. The van der Waals surface area contributed by atoms with Crippen molar-refractivity contribution in [1.29, 1.82) is 0 Å². The van der Waals surface area contributed by atoms with Crippen LogP contribution in [0.15, 0.2) is 78.9 Å². The van der Waals surface area contributed by atoms with E-state index < -0.39 is 50.9 Å². The minimum absolute atomic E-state index is 0.129. The fraction of sp³-hybridized carbons (Fsp3) is 0.259. The highest BCUT2D eigenvalue weighted by Crippen LogP contribution is 2.22. The molecule has 2 aromatic carbocycles. The van der Waals surface area contributed by atoms with Gasteiger partial charge in [0.25, 0.3) is 17.7 Å². The number of sulfonamides is 1. The summed E-state index contributed by atoms with van der Waals surface area (Å²) in [6.07, 6.45) is -2.67. The number of alkyl halides is 3. The van der Waals surface area contributed by atoms with Crippen LogP contribution in [0.2, 0.25) is 0 Å². The molecule has 3 aromatic rings. The number of aliphatic hydroxyl groups excluding tert-OH is 1. The number of carbonyl (C=O) groups excluding carboxylic acids is 3. The van der Waals surface area contributed by atoms with Crippen LogP contribution in [0.1, 0.15) is 46.0 Å². The summed E-state index contributed by atoms with van der Waals surface area (Å²) in [5.74, 6) is -3.48. The fourth-order valence-electron chi connectivity index (χ4n) is 3.75. The Kier molecular flexibility index (Phi) is 9.50. The zero-order chi connectivity index (χ0) is 30.4. The summed E-state index contributed by atoms with van der Waals surface area (Å²) in [6, 6.07) is 19.5. The Balaban J connectivity index is 1.81. The van der Waals surface area contributed by atoms with Gasteiger partial charge in [-0.05, 0) is 43.5 Å². The van der Waals surface area contributed by atoms with Crippen molar-refractivity contribution in [3.63, 3.8) is 0 Å². The molecular formula is C27H27F3N4O6S. The summed E-state index contributed by atoms with van der Waals surface area (Å²) in [7, 11) is -6.11. The van der Waals surface area contributed by atoms with Crippen LogP contribution in [0, 0.1) is 0 Å². The molecule has 0 fully saturated rings. The summed E-state index contributed by atoms with van der Waals surface area (Å²) in [6.45, 7) is 3.55. The molecule has 41 heavy (non-hydrogen) atoms. The summed E-state index contributed by atoms with van der Waals surface area (Å²) >= 11 is 0. The van der Waals surface area contributed by atoms with Crippen molar-refractivity contribution in [3.8, 4) is 0 Å². The van der Waals surface area contributed by atoms with Crippen molar-refractivity contribution in [2.45, 2.75) is 43.5 Å². The second kappa shape index (κ2) is 12.5. The van der Waals surface area contributed by atoms with E-state index in [9.17, 15) is 41.1 Å². The Morgan fingerprint density at radius 3 is 1.95 bits per heavy atom. The number of amides is 3. The Morgan fingerprint density at radius 2 is 1.39 bits per heavy atom. The monoisotopic (exact) mass is 592 g/mol. The zero-order valence-corrected chi connectivity index (χ0v) is 22.7. The van der Waals surface area contributed by atoms with E-state index in [2.05, 4.69) is 15.6 Å². The summed E-state index contributed by atoms with van der Waals surface area (Å²) < 4.78 is 61.8. The molecule has 0 bridgehead atoms. The van der Waals surface area contributed by atoms with Crippen molar-refractivity contribution in [1.82, 2.24) is 20.3 Å². The van der Waals surface area contributed by atoms with Gasteiger partial charge in [0.05, 0.1) is 11.6 Å². The van der Waals surface area contributed by atoms with Gasteiger partial charge in [0, 0.05) is 0 Å². The second-order valence-corrected chi connectivity index (χ2v) is 11.2. The summed E-state index contributed by atoms with van der Waals surface area (Å²) in [4.78, 5) is 42.3. The van der Waals surface area contributed by atoms with E-state index in [1.807, 2.05) is 30.3 Å². The molecule has 0 unspecified atom stereocenters. The second-order valence-electron chi connectivity index (χ2n) is 9.48. The molecule has 218 valence electrons. The predicted octanol–water partition coefficient (Wildman–Crippen LogP) is 2.41. The van der Waals surface area contributed by atoms with E-state index in [0.717, 1.165) is 10.3 Å². The van der Waals surface area contributed by atoms with Crippen LogP contribution < -0.4 is 15.4 Å². The van der Waals surface area contributed by atoms with Gasteiger partial charge in [0.1, 0.15) is 11.4 Å². The molecule has 3 amide bonds. The molecule has 0 aliphatic carbocycles. The predicted molar refractivity (Wildman–Crippen MR) is 142 cm³/mol. The number of pyridine rings is 1. The fourth-order valence-corrected chi connectivity index (χ4v) is 4.25. The first-order chi connectivity index (χ1) is 19.1. The van der Waals surface area contributed by atoms with Crippen LogP contribution >= 0.6 is 0 Å². The lowest BCUT2D eigenvalue weighted by Gasteiger charge is -2.27. The Bertz CT molecular complexity index is 1500. The van der Waals surface area contributed by atoms with E-state index >= 15 is 0 Å². The molecule has 0 aliphatic rings. The SMILES string of the molecule is CC(C)(NC(=O)c1cccc(C(=O)N[C@@H](Cc2ccccc2)[C@H](O)C(=O)NS(=O)(=O)C(F)(F)F)n1)c1ccccc1. The first-order valence-corrected chi connectivity index (χ1v) is 13.6. The number of aliphatic hydroxyl groups is 1. The van der Waals surface area contributed by atoms with Crippen LogP contribution in [-0.4, -0.2) is 53.9 Å². The number of benzene rings is 2. The van der Waals surface area contributed by atoms with Crippen molar-refractivity contribution in [3.05, 3.63) is 101 Å². The first kappa shape index (κ1) is 31.2. The van der Waals surface area contributed by atoms with Crippen LogP contribution in [0.25, 0.3) is 0 Å². The number of carbonyl (C=O) groups is 3. The Labute approximate surface area is 234 Å². The molecule has 14 heteroatoms.